The Morgan fingerprint density at radius 1 is 0.889 bits per heavy atom. The van der Waals surface area contributed by atoms with Crippen LogP contribution in [0.1, 0.15) is 46.6 Å². The number of rotatable bonds is 8. The fraction of sp³-hybridized carbons (Fsp3) is 0.206. The number of carbonyl (C=O) groups excluding carboxylic acids is 1. The Kier molecular flexibility index (Phi) is 8.94. The van der Waals surface area contributed by atoms with Crippen LogP contribution in [0.2, 0.25) is 10.0 Å². The van der Waals surface area contributed by atoms with Crippen LogP contribution >= 0.6 is 23.2 Å². The Balaban J connectivity index is 1.32. The minimum absolute atomic E-state index is 0.0117. The molecule has 1 aliphatic heterocycles. The molecule has 6 rings (SSSR count). The van der Waals surface area contributed by atoms with Crippen LogP contribution in [0.5, 0.6) is 0 Å². The molecule has 0 saturated carbocycles. The van der Waals surface area contributed by atoms with Gasteiger partial charge in [-0.2, -0.15) is 0 Å². The number of fused-ring (bicyclic) bond motifs is 1. The maximum atomic E-state index is 14.3. The molecule has 0 bridgehead atoms. The summed E-state index contributed by atoms with van der Waals surface area (Å²) in [6.07, 6.45) is 4.20. The highest BCUT2D eigenvalue weighted by Crippen LogP contribution is 2.35. The summed E-state index contributed by atoms with van der Waals surface area (Å²) in [6, 6.07) is 25.9. The lowest BCUT2D eigenvalue weighted by Crippen LogP contribution is -2.31. The number of anilines is 2. The van der Waals surface area contributed by atoms with E-state index in [0.29, 0.717) is 11.4 Å². The number of nitrogens with zero attached hydrogens (tertiary/aromatic N) is 4. The van der Waals surface area contributed by atoms with Gasteiger partial charge in [0.05, 0.1) is 22.3 Å². The molecule has 8 nitrogen and oxygen atoms in total. The number of sulfonamides is 1. The second-order valence-electron chi connectivity index (χ2n) is 11.0. The third kappa shape index (κ3) is 6.47. The molecule has 1 N–H and O–H groups in total. The van der Waals surface area contributed by atoms with E-state index in [-0.39, 0.29) is 27.0 Å². The summed E-state index contributed by atoms with van der Waals surface area (Å²) in [5, 5.41) is 12.1. The highest BCUT2D eigenvalue weighted by atomic mass is 35.5. The number of benzene rings is 4. The van der Waals surface area contributed by atoms with Gasteiger partial charge in [-0.25, -0.2) is 8.42 Å². The van der Waals surface area contributed by atoms with Crippen molar-refractivity contribution in [3.8, 4) is 11.4 Å². The molecular formula is C34H31Cl2N5O3S. The third-order valence-corrected chi connectivity index (χ3v) is 10.5. The van der Waals surface area contributed by atoms with Crippen LogP contribution in [-0.4, -0.2) is 29.1 Å². The van der Waals surface area contributed by atoms with Gasteiger partial charge < -0.3 is 9.88 Å². The summed E-state index contributed by atoms with van der Waals surface area (Å²) in [5.41, 5.74) is 3.46. The average Bonchev–Trinajstić information content (AvgIpc) is 3.29. The van der Waals surface area contributed by atoms with Crippen LogP contribution in [0.4, 0.5) is 11.4 Å². The Morgan fingerprint density at radius 3 is 2.47 bits per heavy atom. The zero-order chi connectivity index (χ0) is 31.6. The number of carbonyl (C=O) groups is 1. The van der Waals surface area contributed by atoms with Crippen molar-refractivity contribution in [1.82, 2.24) is 14.8 Å². The second-order valence-corrected chi connectivity index (χ2v) is 13.6. The first kappa shape index (κ1) is 30.8. The van der Waals surface area contributed by atoms with Crippen molar-refractivity contribution in [2.45, 2.75) is 50.6 Å². The van der Waals surface area contributed by atoms with Crippen LogP contribution in [0.15, 0.2) is 95.9 Å². The van der Waals surface area contributed by atoms with E-state index in [9.17, 15) is 13.2 Å². The number of amides is 1. The second kappa shape index (κ2) is 13.0. The maximum Gasteiger partial charge on any atom is 0.266 e. The van der Waals surface area contributed by atoms with E-state index in [4.69, 9.17) is 23.2 Å². The van der Waals surface area contributed by atoms with Crippen molar-refractivity contribution >= 4 is 50.5 Å². The van der Waals surface area contributed by atoms with Crippen molar-refractivity contribution in [2.24, 2.45) is 0 Å². The standard InChI is InChI=1S/C34H31Cl2N5O3S/c1-23-15-16-25(33-39-38-32-14-6-3-9-19-40(32)33)20-29(23)37-34(42)26-17-18-28(36)31(21-26)45(43,44)41(22-24-10-4-2-5-11-24)30-13-8-7-12-27(30)35/h2,4-5,7-8,10-13,15-18,20-21H,3,6,9,14,19,22H2,1H3,(H,37,42). The number of nitrogens with one attached hydrogen (secondary N) is 1. The summed E-state index contributed by atoms with van der Waals surface area (Å²) in [7, 11) is -4.27. The molecule has 0 aliphatic carbocycles. The number of aryl methyl sites for hydroxylation is 2. The Hall–Kier alpha value is -4.18. The summed E-state index contributed by atoms with van der Waals surface area (Å²) >= 11 is 13.0. The lowest BCUT2D eigenvalue weighted by atomic mass is 10.1. The van der Waals surface area contributed by atoms with E-state index in [1.54, 1.807) is 24.3 Å². The first-order valence-electron chi connectivity index (χ1n) is 14.7. The lowest BCUT2D eigenvalue weighted by Gasteiger charge is -2.26. The molecule has 0 radical (unpaired) electrons. The fourth-order valence-corrected chi connectivity index (χ4v) is 7.72. The molecule has 45 heavy (non-hydrogen) atoms. The van der Waals surface area contributed by atoms with E-state index in [2.05, 4.69) is 20.1 Å². The van der Waals surface area contributed by atoms with Gasteiger partial charge in [0.25, 0.3) is 15.9 Å². The molecule has 230 valence electrons. The molecule has 4 aromatic carbocycles. The molecule has 1 aliphatic rings. The van der Waals surface area contributed by atoms with E-state index in [0.717, 1.165) is 60.6 Å². The van der Waals surface area contributed by atoms with Crippen LogP contribution in [0.25, 0.3) is 11.4 Å². The van der Waals surface area contributed by atoms with E-state index in [1.807, 2.05) is 55.5 Å². The minimum atomic E-state index is -4.27. The highest BCUT2D eigenvalue weighted by molar-refractivity contribution is 7.93. The minimum Gasteiger partial charge on any atom is -0.322 e. The van der Waals surface area contributed by atoms with Crippen LogP contribution in [0, 0.1) is 6.92 Å². The smallest absolute Gasteiger partial charge is 0.266 e. The van der Waals surface area contributed by atoms with Gasteiger partial charge in [0, 0.05) is 29.8 Å². The zero-order valence-electron chi connectivity index (χ0n) is 24.6. The summed E-state index contributed by atoms with van der Waals surface area (Å²) in [4.78, 5) is 13.4. The summed E-state index contributed by atoms with van der Waals surface area (Å²) in [6.45, 7) is 2.76. The van der Waals surface area contributed by atoms with Gasteiger partial charge in [-0.1, -0.05) is 84.2 Å². The van der Waals surface area contributed by atoms with Crippen LogP contribution < -0.4 is 9.62 Å². The van der Waals surface area contributed by atoms with Crippen molar-refractivity contribution in [2.75, 3.05) is 9.62 Å². The van der Waals surface area contributed by atoms with Crippen molar-refractivity contribution in [3.05, 3.63) is 124 Å². The van der Waals surface area contributed by atoms with Crippen molar-refractivity contribution in [3.63, 3.8) is 0 Å². The first-order chi connectivity index (χ1) is 21.7. The predicted octanol–water partition coefficient (Wildman–Crippen LogP) is 7.93. The average molecular weight is 661 g/mol. The molecule has 0 spiro atoms. The van der Waals surface area contributed by atoms with Crippen molar-refractivity contribution in [1.29, 1.82) is 0 Å². The lowest BCUT2D eigenvalue weighted by molar-refractivity contribution is 0.102. The third-order valence-electron chi connectivity index (χ3n) is 7.91. The maximum absolute atomic E-state index is 14.3. The normalized spacial score (nSPS) is 13.1. The molecule has 0 fully saturated rings. The van der Waals surface area contributed by atoms with Crippen LogP contribution in [0.3, 0.4) is 0 Å². The number of hydrogen-bond acceptors (Lipinski definition) is 5. The van der Waals surface area contributed by atoms with E-state index < -0.39 is 15.9 Å². The van der Waals surface area contributed by atoms with Gasteiger partial charge in [-0.15, -0.1) is 10.2 Å². The first-order valence-corrected chi connectivity index (χ1v) is 16.9. The molecule has 0 atom stereocenters. The molecule has 5 aromatic rings. The van der Waals surface area contributed by atoms with Gasteiger partial charge in [-0.3, -0.25) is 9.10 Å². The molecule has 0 saturated heterocycles. The largest absolute Gasteiger partial charge is 0.322 e. The Labute approximate surface area is 272 Å². The van der Waals surface area contributed by atoms with Gasteiger partial charge in [0.2, 0.25) is 0 Å². The van der Waals surface area contributed by atoms with Gasteiger partial charge in [-0.05, 0) is 67.3 Å². The molecular weight excluding hydrogens is 629 g/mol. The number of halogens is 2. The predicted molar refractivity (Wildman–Crippen MR) is 178 cm³/mol. The zero-order valence-corrected chi connectivity index (χ0v) is 26.9. The number of hydrogen-bond donors (Lipinski definition) is 1. The molecule has 1 aromatic heterocycles. The summed E-state index contributed by atoms with van der Waals surface area (Å²) in [5.74, 6) is 1.26. The highest BCUT2D eigenvalue weighted by Gasteiger charge is 2.30. The summed E-state index contributed by atoms with van der Waals surface area (Å²) < 4.78 is 31.9. The van der Waals surface area contributed by atoms with Crippen LogP contribution in [-0.2, 0) is 29.5 Å². The van der Waals surface area contributed by atoms with Gasteiger partial charge in [0.15, 0.2) is 5.82 Å². The molecule has 11 heteroatoms. The number of aromatic nitrogens is 3. The van der Waals surface area contributed by atoms with Crippen molar-refractivity contribution < 1.29 is 13.2 Å². The monoisotopic (exact) mass is 659 g/mol. The molecule has 1 amide bonds. The topological polar surface area (TPSA) is 97.2 Å². The fourth-order valence-electron chi connectivity index (χ4n) is 5.45. The van der Waals surface area contributed by atoms with E-state index in [1.165, 1.54) is 22.5 Å². The number of para-hydroxylation sites is 1. The quantitative estimate of drug-likeness (QED) is 0.182. The molecule has 0 unspecified atom stereocenters. The Bertz CT molecular complexity index is 1980. The van der Waals surface area contributed by atoms with Gasteiger partial charge >= 0.3 is 0 Å². The Morgan fingerprint density at radius 2 is 1.67 bits per heavy atom. The van der Waals surface area contributed by atoms with Gasteiger partial charge in [0.1, 0.15) is 10.7 Å². The molecule has 2 heterocycles. The SMILES string of the molecule is Cc1ccc(-c2nnc3n2CCCCC3)cc1NC(=O)c1ccc(Cl)c(S(=O)(=O)N(Cc2ccccc2)c2ccccc2Cl)c1. The van der Waals surface area contributed by atoms with E-state index >= 15 is 0 Å².